The third-order valence-corrected chi connectivity index (χ3v) is 4.77. The standard InChI is InChI=1S/C16H23N5O3/c1-17-16(24)12-8-15(23)21(9-12)13-10-19(11-13)14(22)4-2-6-20-7-3-5-18-20/h3,5,7,12-13H,2,4,6,8-11H2,1H3,(H,17,24). The van der Waals surface area contributed by atoms with E-state index in [4.69, 9.17) is 0 Å². The monoisotopic (exact) mass is 333 g/mol. The fourth-order valence-electron chi connectivity index (χ4n) is 3.30. The van der Waals surface area contributed by atoms with Crippen LogP contribution < -0.4 is 5.32 Å². The molecule has 0 bridgehead atoms. The van der Waals surface area contributed by atoms with Crippen LogP contribution >= 0.6 is 0 Å². The number of nitrogens with zero attached hydrogens (tertiary/aromatic N) is 4. The van der Waals surface area contributed by atoms with E-state index in [2.05, 4.69) is 10.4 Å². The predicted octanol–water partition coefficient (Wildman–Crippen LogP) is -0.531. The molecule has 0 aliphatic carbocycles. The molecule has 8 heteroatoms. The molecule has 2 aliphatic heterocycles. The molecule has 0 spiro atoms. The van der Waals surface area contributed by atoms with E-state index in [1.807, 2.05) is 16.9 Å². The molecule has 1 atom stereocenters. The van der Waals surface area contributed by atoms with E-state index in [0.29, 0.717) is 26.1 Å². The molecule has 1 unspecified atom stereocenters. The molecule has 8 nitrogen and oxygen atoms in total. The Morgan fingerprint density at radius 3 is 2.79 bits per heavy atom. The van der Waals surface area contributed by atoms with Crippen molar-refractivity contribution in [1.82, 2.24) is 24.9 Å². The highest BCUT2D eigenvalue weighted by Gasteiger charge is 2.42. The minimum absolute atomic E-state index is 0.0133. The number of hydrogen-bond donors (Lipinski definition) is 1. The molecular formula is C16H23N5O3. The lowest BCUT2D eigenvalue weighted by molar-refractivity contribution is -0.144. The van der Waals surface area contributed by atoms with Crippen molar-refractivity contribution in [1.29, 1.82) is 0 Å². The fraction of sp³-hybridized carbons (Fsp3) is 0.625. The number of aryl methyl sites for hydroxylation is 1. The summed E-state index contributed by atoms with van der Waals surface area (Å²) in [6.07, 6.45) is 5.12. The van der Waals surface area contributed by atoms with Gasteiger partial charge in [-0.3, -0.25) is 19.1 Å². The molecule has 0 radical (unpaired) electrons. The first-order valence-electron chi connectivity index (χ1n) is 8.34. The predicted molar refractivity (Wildman–Crippen MR) is 85.7 cm³/mol. The molecule has 3 rings (SSSR count). The van der Waals surface area contributed by atoms with Crippen LogP contribution in [0.5, 0.6) is 0 Å². The number of hydrogen-bond acceptors (Lipinski definition) is 4. The first-order chi connectivity index (χ1) is 11.6. The van der Waals surface area contributed by atoms with E-state index in [1.165, 1.54) is 0 Å². The lowest BCUT2D eigenvalue weighted by Gasteiger charge is -2.44. The van der Waals surface area contributed by atoms with E-state index in [9.17, 15) is 14.4 Å². The number of rotatable bonds is 6. The van der Waals surface area contributed by atoms with Gasteiger partial charge >= 0.3 is 0 Å². The lowest BCUT2D eigenvalue weighted by atomic mass is 10.1. The van der Waals surface area contributed by atoms with Crippen molar-refractivity contribution in [2.24, 2.45) is 5.92 Å². The van der Waals surface area contributed by atoms with Crippen molar-refractivity contribution in [2.75, 3.05) is 26.7 Å². The summed E-state index contributed by atoms with van der Waals surface area (Å²) in [5.41, 5.74) is 0. The van der Waals surface area contributed by atoms with Gasteiger partial charge in [0, 0.05) is 58.5 Å². The van der Waals surface area contributed by atoms with Crippen LogP contribution in [0, 0.1) is 5.92 Å². The summed E-state index contributed by atoms with van der Waals surface area (Å²) in [6.45, 7) is 2.35. The molecule has 0 aromatic carbocycles. The van der Waals surface area contributed by atoms with E-state index >= 15 is 0 Å². The van der Waals surface area contributed by atoms with Crippen LogP contribution in [0.3, 0.4) is 0 Å². The molecule has 3 heterocycles. The average molecular weight is 333 g/mol. The summed E-state index contributed by atoms with van der Waals surface area (Å²) in [5, 5.41) is 6.70. The molecule has 130 valence electrons. The first-order valence-corrected chi connectivity index (χ1v) is 8.34. The molecule has 1 aromatic rings. The summed E-state index contributed by atoms with van der Waals surface area (Å²) in [6, 6.07) is 1.92. The Hall–Kier alpha value is -2.38. The summed E-state index contributed by atoms with van der Waals surface area (Å²) >= 11 is 0. The normalized spacial score (nSPS) is 21.0. The minimum atomic E-state index is -0.263. The van der Waals surface area contributed by atoms with Crippen molar-refractivity contribution in [3.63, 3.8) is 0 Å². The fourth-order valence-corrected chi connectivity index (χ4v) is 3.30. The first kappa shape index (κ1) is 16.5. The van der Waals surface area contributed by atoms with Gasteiger partial charge in [0.1, 0.15) is 0 Å². The van der Waals surface area contributed by atoms with Crippen LogP contribution in [0.15, 0.2) is 18.5 Å². The van der Waals surface area contributed by atoms with Crippen molar-refractivity contribution in [2.45, 2.75) is 31.8 Å². The van der Waals surface area contributed by atoms with Crippen molar-refractivity contribution in [3.8, 4) is 0 Å². The number of carbonyl (C=O) groups is 3. The molecule has 0 saturated carbocycles. The summed E-state index contributed by atoms with van der Waals surface area (Å²) < 4.78 is 1.81. The lowest BCUT2D eigenvalue weighted by Crippen LogP contribution is -2.61. The van der Waals surface area contributed by atoms with E-state index < -0.39 is 0 Å². The van der Waals surface area contributed by atoms with Gasteiger partial charge in [0.2, 0.25) is 17.7 Å². The van der Waals surface area contributed by atoms with Gasteiger partial charge in [-0.25, -0.2) is 0 Å². The van der Waals surface area contributed by atoms with E-state index in [-0.39, 0.29) is 36.1 Å². The Morgan fingerprint density at radius 2 is 2.12 bits per heavy atom. The Bertz CT molecular complexity index is 609. The Morgan fingerprint density at radius 1 is 1.33 bits per heavy atom. The zero-order valence-electron chi connectivity index (χ0n) is 13.9. The quantitative estimate of drug-likeness (QED) is 0.758. The third kappa shape index (κ3) is 3.42. The van der Waals surface area contributed by atoms with Crippen LogP contribution in [-0.2, 0) is 20.9 Å². The number of nitrogens with one attached hydrogen (secondary N) is 1. The zero-order valence-corrected chi connectivity index (χ0v) is 13.9. The van der Waals surface area contributed by atoms with Crippen LogP contribution in [0.1, 0.15) is 19.3 Å². The molecule has 2 aliphatic rings. The highest BCUT2D eigenvalue weighted by Crippen LogP contribution is 2.25. The van der Waals surface area contributed by atoms with Crippen molar-refractivity contribution in [3.05, 3.63) is 18.5 Å². The van der Waals surface area contributed by atoms with Gasteiger partial charge in [-0.05, 0) is 12.5 Å². The third-order valence-electron chi connectivity index (χ3n) is 4.77. The van der Waals surface area contributed by atoms with E-state index in [1.54, 1.807) is 23.0 Å². The SMILES string of the molecule is CNC(=O)C1CC(=O)N(C2CN(C(=O)CCCn3cccn3)C2)C1. The second-order valence-electron chi connectivity index (χ2n) is 6.39. The topological polar surface area (TPSA) is 87.5 Å². The number of likely N-dealkylation sites (tertiary alicyclic amines) is 2. The smallest absolute Gasteiger partial charge is 0.225 e. The summed E-state index contributed by atoms with van der Waals surface area (Å²) in [7, 11) is 1.59. The van der Waals surface area contributed by atoms with Crippen molar-refractivity contribution >= 4 is 17.7 Å². The maximum absolute atomic E-state index is 12.1. The highest BCUT2D eigenvalue weighted by atomic mass is 16.2. The summed E-state index contributed by atoms with van der Waals surface area (Å²) in [4.78, 5) is 39.4. The molecular weight excluding hydrogens is 310 g/mol. The average Bonchev–Trinajstić information content (AvgIpc) is 3.15. The van der Waals surface area contributed by atoms with Gasteiger partial charge in [0.05, 0.1) is 12.0 Å². The van der Waals surface area contributed by atoms with Gasteiger partial charge in [-0.2, -0.15) is 5.10 Å². The second kappa shape index (κ2) is 7.02. The second-order valence-corrected chi connectivity index (χ2v) is 6.39. The van der Waals surface area contributed by atoms with Gasteiger partial charge in [-0.1, -0.05) is 0 Å². The van der Waals surface area contributed by atoms with Gasteiger partial charge in [0.15, 0.2) is 0 Å². The molecule has 1 aromatic heterocycles. The minimum Gasteiger partial charge on any atom is -0.359 e. The van der Waals surface area contributed by atoms with Crippen LogP contribution in [-0.4, -0.2) is 70.0 Å². The number of carbonyl (C=O) groups excluding carboxylic acids is 3. The Balaban J connectivity index is 1.39. The number of amides is 3. The Labute approximate surface area is 140 Å². The summed E-state index contributed by atoms with van der Waals surface area (Å²) in [5.74, 6) is -0.217. The Kier molecular flexibility index (Phi) is 4.82. The maximum Gasteiger partial charge on any atom is 0.225 e. The van der Waals surface area contributed by atoms with Crippen LogP contribution in [0.25, 0.3) is 0 Å². The highest BCUT2D eigenvalue weighted by molar-refractivity contribution is 5.89. The van der Waals surface area contributed by atoms with E-state index in [0.717, 1.165) is 13.0 Å². The molecule has 2 fully saturated rings. The molecule has 24 heavy (non-hydrogen) atoms. The molecule has 1 N–H and O–H groups in total. The van der Waals surface area contributed by atoms with Gasteiger partial charge in [0.25, 0.3) is 0 Å². The van der Waals surface area contributed by atoms with Gasteiger partial charge < -0.3 is 15.1 Å². The maximum atomic E-state index is 12.1. The largest absolute Gasteiger partial charge is 0.359 e. The van der Waals surface area contributed by atoms with Crippen LogP contribution in [0.2, 0.25) is 0 Å². The number of aromatic nitrogens is 2. The van der Waals surface area contributed by atoms with Crippen LogP contribution in [0.4, 0.5) is 0 Å². The van der Waals surface area contributed by atoms with Gasteiger partial charge in [-0.15, -0.1) is 0 Å². The molecule has 3 amide bonds. The zero-order chi connectivity index (χ0) is 17.1. The van der Waals surface area contributed by atoms with Crippen molar-refractivity contribution < 1.29 is 14.4 Å². The molecule has 2 saturated heterocycles.